The smallest absolute Gasteiger partial charge is 0.256 e. The zero-order valence-electron chi connectivity index (χ0n) is 12.3. The van der Waals surface area contributed by atoms with Gasteiger partial charge in [-0.2, -0.15) is 0 Å². The van der Waals surface area contributed by atoms with Gasteiger partial charge in [0.25, 0.3) is 5.91 Å². The molecule has 0 radical (unpaired) electrons. The van der Waals surface area contributed by atoms with E-state index in [2.05, 4.69) is 13.8 Å². The Kier molecular flexibility index (Phi) is 5.67. The van der Waals surface area contributed by atoms with Crippen molar-refractivity contribution in [3.05, 3.63) is 23.8 Å². The van der Waals surface area contributed by atoms with E-state index in [9.17, 15) is 4.79 Å². The van der Waals surface area contributed by atoms with Crippen LogP contribution in [0.25, 0.3) is 0 Å². The summed E-state index contributed by atoms with van der Waals surface area (Å²) in [5, 5.41) is 0. The number of carbonyl (C=O) groups excluding carboxylic acids is 1. The summed E-state index contributed by atoms with van der Waals surface area (Å²) in [6, 6.07) is 5.30. The van der Waals surface area contributed by atoms with E-state index in [4.69, 9.17) is 10.5 Å². The summed E-state index contributed by atoms with van der Waals surface area (Å²) in [7, 11) is 1.55. The van der Waals surface area contributed by atoms with Gasteiger partial charge in [0, 0.05) is 13.1 Å². The summed E-state index contributed by atoms with van der Waals surface area (Å²) in [5.41, 5.74) is 6.91. The molecule has 0 spiro atoms. The lowest BCUT2D eigenvalue weighted by Crippen LogP contribution is -2.35. The average molecular weight is 264 g/mol. The molecular weight excluding hydrogens is 240 g/mol. The standard InChI is InChI=1S/C15H24N2O2/c1-5-11(3)10-17(6-2)15(18)12-8-7-9-13(19-4)14(12)16/h7-9,11H,5-6,10,16H2,1-4H3. The number of hydrogen-bond acceptors (Lipinski definition) is 3. The first-order chi connectivity index (χ1) is 9.04. The van der Waals surface area contributed by atoms with Crippen molar-refractivity contribution in [2.45, 2.75) is 27.2 Å². The van der Waals surface area contributed by atoms with Crippen LogP contribution < -0.4 is 10.5 Å². The summed E-state index contributed by atoms with van der Waals surface area (Å²) in [5.74, 6) is 1.00. The molecule has 0 saturated carbocycles. The van der Waals surface area contributed by atoms with E-state index in [1.165, 1.54) is 0 Å². The molecule has 0 aromatic heterocycles. The van der Waals surface area contributed by atoms with Crippen LogP contribution in [0.2, 0.25) is 0 Å². The van der Waals surface area contributed by atoms with Crippen LogP contribution in [0.3, 0.4) is 0 Å². The van der Waals surface area contributed by atoms with E-state index in [0.29, 0.717) is 29.5 Å². The maximum absolute atomic E-state index is 12.5. The Morgan fingerprint density at radius 2 is 2.11 bits per heavy atom. The minimum absolute atomic E-state index is 0.0285. The molecule has 0 bridgehead atoms. The fourth-order valence-electron chi connectivity index (χ4n) is 1.94. The summed E-state index contributed by atoms with van der Waals surface area (Å²) in [4.78, 5) is 14.3. The Morgan fingerprint density at radius 3 is 2.63 bits per heavy atom. The lowest BCUT2D eigenvalue weighted by atomic mass is 10.1. The SMILES string of the molecule is CCC(C)CN(CC)C(=O)c1cccc(OC)c1N. The summed E-state index contributed by atoms with van der Waals surface area (Å²) in [6.45, 7) is 7.69. The predicted octanol–water partition coefficient (Wildman–Crippen LogP) is 2.79. The molecule has 1 rings (SSSR count). The van der Waals surface area contributed by atoms with Crippen molar-refractivity contribution >= 4 is 11.6 Å². The van der Waals surface area contributed by atoms with Crippen LogP contribution in [0.5, 0.6) is 5.75 Å². The van der Waals surface area contributed by atoms with Gasteiger partial charge in [0.2, 0.25) is 0 Å². The fourth-order valence-corrected chi connectivity index (χ4v) is 1.94. The first kappa shape index (κ1) is 15.3. The van der Waals surface area contributed by atoms with Crippen LogP contribution in [0.4, 0.5) is 5.69 Å². The molecule has 0 aliphatic heterocycles. The van der Waals surface area contributed by atoms with Gasteiger partial charge in [-0.05, 0) is 25.0 Å². The summed E-state index contributed by atoms with van der Waals surface area (Å²) >= 11 is 0. The highest BCUT2D eigenvalue weighted by molar-refractivity contribution is 6.00. The highest BCUT2D eigenvalue weighted by Crippen LogP contribution is 2.26. The average Bonchev–Trinajstić information content (AvgIpc) is 2.44. The molecule has 0 aliphatic carbocycles. The zero-order chi connectivity index (χ0) is 14.4. The fraction of sp³-hybridized carbons (Fsp3) is 0.533. The number of hydrogen-bond donors (Lipinski definition) is 1. The lowest BCUT2D eigenvalue weighted by Gasteiger charge is -2.25. The Morgan fingerprint density at radius 1 is 1.42 bits per heavy atom. The van der Waals surface area contributed by atoms with Gasteiger partial charge in [-0.1, -0.05) is 26.3 Å². The van der Waals surface area contributed by atoms with E-state index in [0.717, 1.165) is 13.0 Å². The highest BCUT2D eigenvalue weighted by Gasteiger charge is 2.19. The third-order valence-corrected chi connectivity index (χ3v) is 3.41. The van der Waals surface area contributed by atoms with Crippen LogP contribution in [0, 0.1) is 5.92 Å². The second kappa shape index (κ2) is 7.02. The number of methoxy groups -OCH3 is 1. The van der Waals surface area contributed by atoms with Crippen LogP contribution in [0.15, 0.2) is 18.2 Å². The molecule has 4 nitrogen and oxygen atoms in total. The Bertz CT molecular complexity index is 432. The van der Waals surface area contributed by atoms with Gasteiger partial charge in [0.05, 0.1) is 18.4 Å². The number of rotatable bonds is 6. The van der Waals surface area contributed by atoms with E-state index in [1.54, 1.807) is 25.3 Å². The molecule has 4 heteroatoms. The second-order valence-electron chi connectivity index (χ2n) is 4.78. The first-order valence-electron chi connectivity index (χ1n) is 6.76. The Hall–Kier alpha value is -1.71. The number of nitrogen functional groups attached to an aromatic ring is 1. The minimum Gasteiger partial charge on any atom is -0.495 e. The molecule has 0 saturated heterocycles. The molecule has 1 unspecified atom stereocenters. The van der Waals surface area contributed by atoms with Gasteiger partial charge in [0.1, 0.15) is 5.75 Å². The number of benzene rings is 1. The van der Waals surface area contributed by atoms with Crippen LogP contribution in [0.1, 0.15) is 37.6 Å². The lowest BCUT2D eigenvalue weighted by molar-refractivity contribution is 0.0741. The molecule has 106 valence electrons. The van der Waals surface area contributed by atoms with Crippen molar-refractivity contribution in [2.75, 3.05) is 25.9 Å². The van der Waals surface area contributed by atoms with Crippen LogP contribution in [-0.4, -0.2) is 31.0 Å². The molecule has 1 amide bonds. The number of anilines is 1. The third kappa shape index (κ3) is 3.63. The highest BCUT2D eigenvalue weighted by atomic mass is 16.5. The minimum atomic E-state index is -0.0285. The van der Waals surface area contributed by atoms with Crippen molar-refractivity contribution in [1.82, 2.24) is 4.90 Å². The number of amides is 1. The molecule has 1 aromatic rings. The van der Waals surface area contributed by atoms with E-state index < -0.39 is 0 Å². The van der Waals surface area contributed by atoms with Crippen molar-refractivity contribution in [3.63, 3.8) is 0 Å². The van der Waals surface area contributed by atoms with Crippen molar-refractivity contribution in [2.24, 2.45) is 5.92 Å². The van der Waals surface area contributed by atoms with Crippen LogP contribution >= 0.6 is 0 Å². The molecule has 19 heavy (non-hydrogen) atoms. The molecule has 2 N–H and O–H groups in total. The number of nitrogens with two attached hydrogens (primary N) is 1. The van der Waals surface area contributed by atoms with Crippen molar-refractivity contribution in [3.8, 4) is 5.75 Å². The Balaban J connectivity index is 2.97. The largest absolute Gasteiger partial charge is 0.495 e. The van der Waals surface area contributed by atoms with Gasteiger partial charge < -0.3 is 15.4 Å². The number of ether oxygens (including phenoxy) is 1. The van der Waals surface area contributed by atoms with Gasteiger partial charge in [0.15, 0.2) is 0 Å². The number of nitrogens with zero attached hydrogens (tertiary/aromatic N) is 1. The summed E-state index contributed by atoms with van der Waals surface area (Å²) in [6.07, 6.45) is 1.05. The molecular formula is C15H24N2O2. The van der Waals surface area contributed by atoms with Gasteiger partial charge in [-0.25, -0.2) is 0 Å². The third-order valence-electron chi connectivity index (χ3n) is 3.41. The Labute approximate surface area is 115 Å². The van der Waals surface area contributed by atoms with Crippen LogP contribution in [-0.2, 0) is 0 Å². The van der Waals surface area contributed by atoms with Gasteiger partial charge in [-0.15, -0.1) is 0 Å². The van der Waals surface area contributed by atoms with E-state index >= 15 is 0 Å². The topological polar surface area (TPSA) is 55.6 Å². The summed E-state index contributed by atoms with van der Waals surface area (Å²) < 4.78 is 5.16. The maximum atomic E-state index is 12.5. The monoisotopic (exact) mass is 264 g/mol. The number of carbonyl (C=O) groups is 1. The predicted molar refractivity (Wildman–Crippen MR) is 78.4 cm³/mol. The van der Waals surface area contributed by atoms with E-state index in [1.807, 2.05) is 11.8 Å². The second-order valence-corrected chi connectivity index (χ2v) is 4.78. The van der Waals surface area contributed by atoms with Gasteiger partial charge >= 0.3 is 0 Å². The first-order valence-corrected chi connectivity index (χ1v) is 6.76. The maximum Gasteiger partial charge on any atom is 0.256 e. The van der Waals surface area contributed by atoms with Crippen molar-refractivity contribution in [1.29, 1.82) is 0 Å². The molecule has 1 aromatic carbocycles. The molecule has 0 heterocycles. The van der Waals surface area contributed by atoms with Crippen molar-refractivity contribution < 1.29 is 9.53 Å². The molecule has 1 atom stereocenters. The molecule has 0 aliphatic rings. The number of para-hydroxylation sites is 1. The van der Waals surface area contributed by atoms with E-state index in [-0.39, 0.29) is 5.91 Å². The van der Waals surface area contributed by atoms with Gasteiger partial charge in [-0.3, -0.25) is 4.79 Å². The zero-order valence-corrected chi connectivity index (χ0v) is 12.3. The molecule has 0 fully saturated rings. The normalized spacial score (nSPS) is 12.0. The quantitative estimate of drug-likeness (QED) is 0.804.